The van der Waals surface area contributed by atoms with Crippen molar-refractivity contribution in [2.24, 2.45) is 0 Å². The van der Waals surface area contributed by atoms with Crippen LogP contribution in [0.5, 0.6) is 5.75 Å². The zero-order valence-electron chi connectivity index (χ0n) is 10.8. The van der Waals surface area contributed by atoms with Crippen LogP contribution in [-0.2, 0) is 4.79 Å². The van der Waals surface area contributed by atoms with Gasteiger partial charge in [-0.1, -0.05) is 11.6 Å². The molecule has 106 valence electrons. The minimum Gasteiger partial charge on any atom is -0.483 e. The molecule has 0 radical (unpaired) electrons. The van der Waals surface area contributed by atoms with E-state index in [1.165, 1.54) is 0 Å². The number of benzene rings is 1. The Balaban J connectivity index is 2.41. The highest BCUT2D eigenvalue weighted by Crippen LogP contribution is 2.27. The van der Waals surface area contributed by atoms with Gasteiger partial charge in [0.15, 0.2) is 6.61 Å². The van der Waals surface area contributed by atoms with Crippen molar-refractivity contribution in [1.82, 2.24) is 5.32 Å². The van der Waals surface area contributed by atoms with Crippen LogP contribution in [0.4, 0.5) is 0 Å². The van der Waals surface area contributed by atoms with E-state index < -0.39 is 6.10 Å². The molecule has 4 nitrogen and oxygen atoms in total. The maximum Gasteiger partial charge on any atom is 0.258 e. The maximum atomic E-state index is 11.6. The first kappa shape index (κ1) is 16.3. The molecule has 2 unspecified atom stereocenters. The van der Waals surface area contributed by atoms with E-state index in [0.717, 1.165) is 0 Å². The number of aliphatic hydroxyl groups excluding tert-OH is 1. The highest BCUT2D eigenvalue weighted by molar-refractivity contribution is 9.10. The second-order valence-corrected chi connectivity index (χ2v) is 5.71. The Morgan fingerprint density at radius 3 is 2.79 bits per heavy atom. The van der Waals surface area contributed by atoms with E-state index in [2.05, 4.69) is 21.2 Å². The second-order valence-electron chi connectivity index (χ2n) is 4.42. The molecule has 0 aromatic heterocycles. The van der Waals surface area contributed by atoms with Gasteiger partial charge in [0.1, 0.15) is 5.75 Å². The summed E-state index contributed by atoms with van der Waals surface area (Å²) in [6.07, 6.45) is 0.0674. The Bertz CT molecular complexity index is 440. The van der Waals surface area contributed by atoms with Crippen molar-refractivity contribution in [2.45, 2.75) is 32.4 Å². The van der Waals surface area contributed by atoms with Crippen molar-refractivity contribution in [2.75, 3.05) is 6.61 Å². The van der Waals surface area contributed by atoms with Gasteiger partial charge in [-0.15, -0.1) is 0 Å². The average Bonchev–Trinajstić information content (AvgIpc) is 2.26. The molecule has 1 aromatic carbocycles. The third kappa shape index (κ3) is 6.27. The summed E-state index contributed by atoms with van der Waals surface area (Å²) in [5.41, 5.74) is 0. The topological polar surface area (TPSA) is 58.6 Å². The molecule has 0 saturated heterocycles. The fraction of sp³-hybridized carbons (Fsp3) is 0.462. The number of halogens is 2. The summed E-state index contributed by atoms with van der Waals surface area (Å²) < 4.78 is 6.08. The third-order valence-corrected chi connectivity index (χ3v) is 3.21. The third-order valence-electron chi connectivity index (χ3n) is 2.35. The van der Waals surface area contributed by atoms with Gasteiger partial charge in [-0.2, -0.15) is 0 Å². The Morgan fingerprint density at radius 2 is 2.21 bits per heavy atom. The lowest BCUT2D eigenvalue weighted by molar-refractivity contribution is -0.123. The van der Waals surface area contributed by atoms with Crippen molar-refractivity contribution < 1.29 is 14.6 Å². The number of hydrogen-bond acceptors (Lipinski definition) is 3. The van der Waals surface area contributed by atoms with Crippen LogP contribution in [0.15, 0.2) is 22.7 Å². The first-order valence-corrected chi connectivity index (χ1v) is 7.11. The normalized spacial score (nSPS) is 13.7. The van der Waals surface area contributed by atoms with Crippen molar-refractivity contribution in [3.63, 3.8) is 0 Å². The monoisotopic (exact) mass is 349 g/mol. The van der Waals surface area contributed by atoms with E-state index >= 15 is 0 Å². The number of nitrogens with one attached hydrogen (secondary N) is 1. The summed E-state index contributed by atoms with van der Waals surface area (Å²) in [6, 6.07) is 4.99. The van der Waals surface area contributed by atoms with Gasteiger partial charge in [0.05, 0.1) is 10.6 Å². The van der Waals surface area contributed by atoms with E-state index in [-0.39, 0.29) is 18.6 Å². The van der Waals surface area contributed by atoms with Crippen molar-refractivity contribution in [3.8, 4) is 5.75 Å². The number of hydrogen-bond donors (Lipinski definition) is 2. The number of ether oxygens (including phenoxy) is 1. The summed E-state index contributed by atoms with van der Waals surface area (Å²) in [6.45, 7) is 3.44. The smallest absolute Gasteiger partial charge is 0.258 e. The summed E-state index contributed by atoms with van der Waals surface area (Å²) in [5, 5.41) is 12.5. The molecule has 1 aromatic rings. The molecule has 1 amide bonds. The van der Waals surface area contributed by atoms with Crippen LogP contribution in [0.25, 0.3) is 0 Å². The van der Waals surface area contributed by atoms with Gasteiger partial charge < -0.3 is 15.2 Å². The molecule has 2 N–H and O–H groups in total. The van der Waals surface area contributed by atoms with Gasteiger partial charge in [0.25, 0.3) is 5.91 Å². The van der Waals surface area contributed by atoms with Crippen molar-refractivity contribution >= 4 is 33.4 Å². The lowest BCUT2D eigenvalue weighted by Crippen LogP contribution is -2.37. The van der Waals surface area contributed by atoms with E-state index in [4.69, 9.17) is 16.3 Å². The molecular weight excluding hydrogens is 334 g/mol. The van der Waals surface area contributed by atoms with Crippen LogP contribution >= 0.6 is 27.5 Å². The number of aliphatic hydroxyl groups is 1. The predicted molar refractivity (Wildman–Crippen MR) is 78.5 cm³/mol. The van der Waals surface area contributed by atoms with Crippen LogP contribution in [-0.4, -0.2) is 29.8 Å². The zero-order valence-corrected chi connectivity index (χ0v) is 13.2. The van der Waals surface area contributed by atoms with Crippen LogP contribution in [0.1, 0.15) is 20.3 Å². The molecule has 0 spiro atoms. The summed E-state index contributed by atoms with van der Waals surface area (Å²) in [7, 11) is 0. The van der Waals surface area contributed by atoms with E-state index in [1.54, 1.807) is 25.1 Å². The molecule has 0 aliphatic heterocycles. The standard InChI is InChI=1S/C13H17BrClNO3/c1-8(5-9(2)17)16-13(18)7-19-12-4-3-10(15)6-11(12)14/h3-4,6,8-9,17H,5,7H2,1-2H3,(H,16,18). The SMILES string of the molecule is CC(O)CC(C)NC(=O)COc1ccc(Cl)cc1Br. The average molecular weight is 351 g/mol. The van der Waals surface area contributed by atoms with Gasteiger partial charge in [0.2, 0.25) is 0 Å². The summed E-state index contributed by atoms with van der Waals surface area (Å²) >= 11 is 9.11. The molecule has 1 rings (SSSR count). The molecule has 0 fully saturated rings. The van der Waals surface area contributed by atoms with Crippen LogP contribution in [0.2, 0.25) is 5.02 Å². The molecule has 0 saturated carbocycles. The fourth-order valence-electron chi connectivity index (χ4n) is 1.62. The Morgan fingerprint density at radius 1 is 1.53 bits per heavy atom. The molecular formula is C13H17BrClNO3. The Labute approximate surface area is 126 Å². The largest absolute Gasteiger partial charge is 0.483 e. The quantitative estimate of drug-likeness (QED) is 0.829. The van der Waals surface area contributed by atoms with Gasteiger partial charge in [-0.05, 0) is 54.4 Å². The predicted octanol–water partition coefficient (Wildman–Crippen LogP) is 2.76. The zero-order chi connectivity index (χ0) is 14.4. The molecule has 0 heterocycles. The van der Waals surface area contributed by atoms with Gasteiger partial charge in [-0.25, -0.2) is 0 Å². The first-order chi connectivity index (χ1) is 8.88. The molecule has 19 heavy (non-hydrogen) atoms. The number of carbonyl (C=O) groups excluding carboxylic acids is 1. The Hall–Kier alpha value is -0.780. The maximum absolute atomic E-state index is 11.6. The van der Waals surface area contributed by atoms with Crippen LogP contribution in [0, 0.1) is 0 Å². The number of rotatable bonds is 6. The highest BCUT2D eigenvalue weighted by atomic mass is 79.9. The second kappa shape index (κ2) is 7.72. The first-order valence-electron chi connectivity index (χ1n) is 5.93. The van der Waals surface area contributed by atoms with Crippen molar-refractivity contribution in [3.05, 3.63) is 27.7 Å². The lowest BCUT2D eigenvalue weighted by atomic mass is 10.1. The fourth-order valence-corrected chi connectivity index (χ4v) is 2.42. The number of amides is 1. The van der Waals surface area contributed by atoms with E-state index in [1.807, 2.05) is 6.92 Å². The highest BCUT2D eigenvalue weighted by Gasteiger charge is 2.11. The molecule has 2 atom stereocenters. The summed E-state index contributed by atoms with van der Waals surface area (Å²) in [5.74, 6) is 0.331. The summed E-state index contributed by atoms with van der Waals surface area (Å²) in [4.78, 5) is 11.6. The molecule has 0 aliphatic rings. The molecule has 0 aliphatic carbocycles. The van der Waals surface area contributed by atoms with Crippen LogP contribution < -0.4 is 10.1 Å². The minimum absolute atomic E-state index is 0.0790. The van der Waals surface area contributed by atoms with E-state index in [9.17, 15) is 9.90 Å². The van der Waals surface area contributed by atoms with Gasteiger partial charge >= 0.3 is 0 Å². The molecule has 6 heteroatoms. The van der Waals surface area contributed by atoms with Gasteiger partial charge in [0, 0.05) is 11.1 Å². The van der Waals surface area contributed by atoms with Crippen molar-refractivity contribution in [1.29, 1.82) is 0 Å². The lowest BCUT2D eigenvalue weighted by Gasteiger charge is -2.15. The van der Waals surface area contributed by atoms with E-state index in [0.29, 0.717) is 21.7 Å². The van der Waals surface area contributed by atoms with Gasteiger partial charge in [-0.3, -0.25) is 4.79 Å². The van der Waals surface area contributed by atoms with Crippen LogP contribution in [0.3, 0.4) is 0 Å². The number of carbonyl (C=O) groups is 1. The Kier molecular flexibility index (Phi) is 6.62. The molecule has 0 bridgehead atoms. The minimum atomic E-state index is -0.443.